The summed E-state index contributed by atoms with van der Waals surface area (Å²) in [5.41, 5.74) is 0.672. The van der Waals surface area contributed by atoms with E-state index in [0.717, 1.165) is 0 Å². The Bertz CT molecular complexity index is 985. The van der Waals surface area contributed by atoms with Crippen LogP contribution in [0.2, 0.25) is 0 Å². The summed E-state index contributed by atoms with van der Waals surface area (Å²) in [6.07, 6.45) is 2.35. The van der Waals surface area contributed by atoms with Gasteiger partial charge in [-0.25, -0.2) is 4.79 Å². The van der Waals surface area contributed by atoms with Crippen LogP contribution in [0, 0.1) is 11.3 Å². The molecule has 0 saturated carbocycles. The Morgan fingerprint density at radius 1 is 1.30 bits per heavy atom. The highest BCUT2D eigenvalue weighted by atomic mass is 16.6. The molecule has 2 heterocycles. The Labute approximate surface area is 155 Å². The molecule has 8 heteroatoms. The van der Waals surface area contributed by atoms with Gasteiger partial charge in [-0.1, -0.05) is 12.1 Å². The predicted octanol–water partition coefficient (Wildman–Crippen LogP) is 2.58. The second-order valence-electron chi connectivity index (χ2n) is 5.66. The van der Waals surface area contributed by atoms with Crippen LogP contribution >= 0.6 is 0 Å². The number of benzene rings is 1. The molecule has 0 radical (unpaired) electrons. The standard InChI is InChI=1S/C19H16N4O4/c1-13(18(24)22-16-6-3-2-5-14(16)11-20)26-19(25)17-8-7-15(27-17)12-23-10-4-9-21-23/h2-10,13H,12H2,1H3,(H,22,24). The summed E-state index contributed by atoms with van der Waals surface area (Å²) in [5, 5.41) is 15.7. The van der Waals surface area contributed by atoms with E-state index in [-0.39, 0.29) is 5.76 Å². The lowest BCUT2D eigenvalue weighted by Crippen LogP contribution is -2.30. The van der Waals surface area contributed by atoms with Gasteiger partial charge in [0.15, 0.2) is 6.10 Å². The quantitative estimate of drug-likeness (QED) is 0.673. The smallest absolute Gasteiger partial charge is 0.375 e. The van der Waals surface area contributed by atoms with E-state index < -0.39 is 18.0 Å². The Morgan fingerprint density at radius 2 is 2.11 bits per heavy atom. The van der Waals surface area contributed by atoms with Gasteiger partial charge in [0.2, 0.25) is 5.76 Å². The van der Waals surface area contributed by atoms with Gasteiger partial charge in [0.05, 0.1) is 17.8 Å². The molecule has 0 aliphatic carbocycles. The maximum absolute atomic E-state index is 12.2. The van der Waals surface area contributed by atoms with Crippen LogP contribution in [0.15, 0.2) is 59.3 Å². The molecule has 1 N–H and O–H groups in total. The number of carbonyl (C=O) groups is 2. The fraction of sp³-hybridized carbons (Fsp3) is 0.158. The van der Waals surface area contributed by atoms with Crippen molar-refractivity contribution in [3.8, 4) is 6.07 Å². The summed E-state index contributed by atoms with van der Waals surface area (Å²) in [5.74, 6) is -0.771. The maximum Gasteiger partial charge on any atom is 0.375 e. The number of nitrogens with zero attached hydrogens (tertiary/aromatic N) is 3. The van der Waals surface area contributed by atoms with Crippen molar-refractivity contribution < 1.29 is 18.7 Å². The van der Waals surface area contributed by atoms with E-state index in [1.165, 1.54) is 13.0 Å². The second kappa shape index (κ2) is 8.01. The Hall–Kier alpha value is -3.86. The van der Waals surface area contributed by atoms with Crippen LogP contribution in [-0.2, 0) is 16.1 Å². The minimum atomic E-state index is -1.07. The molecule has 3 rings (SSSR count). The Kier molecular flexibility index (Phi) is 5.33. The molecule has 0 aliphatic heterocycles. The zero-order valence-electron chi connectivity index (χ0n) is 14.5. The number of hydrogen-bond acceptors (Lipinski definition) is 6. The van der Waals surface area contributed by atoms with E-state index in [4.69, 9.17) is 14.4 Å². The molecule has 1 aromatic carbocycles. The molecule has 0 bridgehead atoms. The SMILES string of the molecule is CC(OC(=O)c1ccc(Cn2cccn2)o1)C(=O)Nc1ccccc1C#N. The van der Waals surface area contributed by atoms with Crippen LogP contribution in [-0.4, -0.2) is 27.8 Å². The first-order chi connectivity index (χ1) is 13.1. The van der Waals surface area contributed by atoms with Crippen molar-refractivity contribution in [2.75, 3.05) is 5.32 Å². The number of nitrogens with one attached hydrogen (secondary N) is 1. The third-order valence-electron chi connectivity index (χ3n) is 3.70. The molecule has 1 atom stereocenters. The number of carbonyl (C=O) groups excluding carboxylic acids is 2. The van der Waals surface area contributed by atoms with Crippen LogP contribution in [0.1, 0.15) is 28.8 Å². The molecular weight excluding hydrogens is 348 g/mol. The molecule has 1 amide bonds. The molecule has 27 heavy (non-hydrogen) atoms. The molecule has 0 spiro atoms. The monoisotopic (exact) mass is 364 g/mol. The zero-order valence-corrected chi connectivity index (χ0v) is 14.5. The zero-order chi connectivity index (χ0) is 19.2. The Balaban J connectivity index is 1.59. The lowest BCUT2D eigenvalue weighted by Gasteiger charge is -2.13. The fourth-order valence-corrected chi connectivity index (χ4v) is 2.32. The molecule has 2 aromatic heterocycles. The molecule has 8 nitrogen and oxygen atoms in total. The number of para-hydroxylation sites is 1. The number of furan rings is 1. The highest BCUT2D eigenvalue weighted by Gasteiger charge is 2.22. The van der Waals surface area contributed by atoms with Crippen LogP contribution < -0.4 is 5.32 Å². The highest BCUT2D eigenvalue weighted by molar-refractivity contribution is 5.97. The largest absolute Gasteiger partial charge is 0.452 e. The first-order valence-corrected chi connectivity index (χ1v) is 8.14. The van der Waals surface area contributed by atoms with Crippen LogP contribution in [0.3, 0.4) is 0 Å². The summed E-state index contributed by atoms with van der Waals surface area (Å²) >= 11 is 0. The van der Waals surface area contributed by atoms with E-state index in [2.05, 4.69) is 10.4 Å². The number of ether oxygens (including phenoxy) is 1. The van der Waals surface area contributed by atoms with Gasteiger partial charge in [-0.2, -0.15) is 10.4 Å². The van der Waals surface area contributed by atoms with Gasteiger partial charge < -0.3 is 14.5 Å². The average Bonchev–Trinajstić information content (AvgIpc) is 3.34. The van der Waals surface area contributed by atoms with Gasteiger partial charge in [0, 0.05) is 12.4 Å². The first kappa shape index (κ1) is 17.9. The van der Waals surface area contributed by atoms with Crippen molar-refractivity contribution in [1.29, 1.82) is 5.26 Å². The summed E-state index contributed by atoms with van der Waals surface area (Å²) in [7, 11) is 0. The first-order valence-electron chi connectivity index (χ1n) is 8.14. The van der Waals surface area contributed by atoms with Gasteiger partial charge in [-0.3, -0.25) is 9.48 Å². The molecule has 3 aromatic rings. The van der Waals surface area contributed by atoms with Gasteiger partial charge in [-0.15, -0.1) is 0 Å². The lowest BCUT2D eigenvalue weighted by molar-refractivity contribution is -0.123. The van der Waals surface area contributed by atoms with Gasteiger partial charge in [0.1, 0.15) is 11.8 Å². The van der Waals surface area contributed by atoms with Crippen LogP contribution in [0.4, 0.5) is 5.69 Å². The fourth-order valence-electron chi connectivity index (χ4n) is 2.32. The number of hydrogen-bond donors (Lipinski definition) is 1. The highest BCUT2D eigenvalue weighted by Crippen LogP contribution is 2.15. The van der Waals surface area contributed by atoms with E-state index in [9.17, 15) is 9.59 Å². The molecule has 0 fully saturated rings. The Morgan fingerprint density at radius 3 is 2.85 bits per heavy atom. The number of rotatable bonds is 6. The number of aromatic nitrogens is 2. The maximum atomic E-state index is 12.2. The average molecular weight is 364 g/mol. The topological polar surface area (TPSA) is 110 Å². The third-order valence-corrected chi connectivity index (χ3v) is 3.70. The second-order valence-corrected chi connectivity index (χ2v) is 5.66. The molecular formula is C19H16N4O4. The van der Waals surface area contributed by atoms with E-state index >= 15 is 0 Å². The number of esters is 1. The van der Waals surface area contributed by atoms with Crippen molar-refractivity contribution in [2.24, 2.45) is 0 Å². The lowest BCUT2D eigenvalue weighted by atomic mass is 10.2. The summed E-state index contributed by atoms with van der Waals surface area (Å²) in [6, 6.07) is 13.4. The number of anilines is 1. The summed E-state index contributed by atoms with van der Waals surface area (Å²) in [4.78, 5) is 24.4. The van der Waals surface area contributed by atoms with Crippen molar-refractivity contribution in [1.82, 2.24) is 9.78 Å². The van der Waals surface area contributed by atoms with E-state index in [0.29, 0.717) is 23.6 Å². The minimum absolute atomic E-state index is 0.00534. The minimum Gasteiger partial charge on any atom is -0.452 e. The van der Waals surface area contributed by atoms with Crippen LogP contribution in [0.25, 0.3) is 0 Å². The molecule has 136 valence electrons. The van der Waals surface area contributed by atoms with E-state index in [1.54, 1.807) is 53.5 Å². The van der Waals surface area contributed by atoms with E-state index in [1.807, 2.05) is 6.07 Å². The summed E-state index contributed by atoms with van der Waals surface area (Å²) in [6.45, 7) is 1.82. The number of nitriles is 1. The van der Waals surface area contributed by atoms with Gasteiger partial charge in [0.25, 0.3) is 5.91 Å². The molecule has 0 saturated heterocycles. The molecule has 1 unspecified atom stereocenters. The predicted molar refractivity (Wildman–Crippen MR) is 94.7 cm³/mol. The van der Waals surface area contributed by atoms with Crippen molar-refractivity contribution >= 4 is 17.6 Å². The van der Waals surface area contributed by atoms with Gasteiger partial charge >= 0.3 is 5.97 Å². The summed E-state index contributed by atoms with van der Waals surface area (Å²) < 4.78 is 12.2. The third kappa shape index (κ3) is 4.41. The van der Waals surface area contributed by atoms with Crippen molar-refractivity contribution in [3.63, 3.8) is 0 Å². The normalized spacial score (nSPS) is 11.4. The van der Waals surface area contributed by atoms with Crippen LogP contribution in [0.5, 0.6) is 0 Å². The number of amides is 1. The van der Waals surface area contributed by atoms with Gasteiger partial charge in [-0.05, 0) is 37.3 Å². The molecule has 0 aliphatic rings. The van der Waals surface area contributed by atoms with Crippen molar-refractivity contribution in [2.45, 2.75) is 19.6 Å². The van der Waals surface area contributed by atoms with Crippen molar-refractivity contribution in [3.05, 3.63) is 71.9 Å².